The number of hydrogen-bond donors (Lipinski definition) is 2. The molecule has 2 N–H and O–H groups in total. The first kappa shape index (κ1) is 23.1. The van der Waals surface area contributed by atoms with E-state index in [1.165, 1.54) is 29.3 Å². The van der Waals surface area contributed by atoms with E-state index in [1.807, 2.05) is 0 Å². The average Bonchev–Trinajstić information content (AvgIpc) is 3.54. The predicted octanol–water partition coefficient (Wildman–Crippen LogP) is 2.29. The number of rotatable bonds is 10. The van der Waals surface area contributed by atoms with E-state index < -0.39 is 33.8 Å². The maximum absolute atomic E-state index is 14.0. The van der Waals surface area contributed by atoms with E-state index >= 15 is 0 Å². The molecule has 2 fully saturated rings. The Labute approximate surface area is 191 Å². The normalized spacial score (nSPS) is 17.2. The van der Waals surface area contributed by atoms with E-state index in [2.05, 4.69) is 15.0 Å². The van der Waals surface area contributed by atoms with Crippen molar-refractivity contribution in [3.63, 3.8) is 0 Å². The molecule has 11 heteroatoms. The summed E-state index contributed by atoms with van der Waals surface area (Å²) in [6.45, 7) is 2.07. The minimum absolute atomic E-state index is 0.0766. The Morgan fingerprint density at radius 3 is 2.70 bits per heavy atom. The highest BCUT2D eigenvalue weighted by atomic mass is 32.2. The van der Waals surface area contributed by atoms with Gasteiger partial charge in [-0.25, -0.2) is 22.3 Å². The number of nitrogens with one attached hydrogen (secondary N) is 2. The molecule has 1 saturated carbocycles. The first-order valence-corrected chi connectivity index (χ1v) is 12.3. The van der Waals surface area contributed by atoms with Crippen LogP contribution >= 0.6 is 0 Å². The molecule has 0 radical (unpaired) electrons. The molecule has 4 rings (SSSR count). The molecular formula is C22H25FN4O5S. The van der Waals surface area contributed by atoms with Gasteiger partial charge in [-0.05, 0) is 55.5 Å². The number of aryl methyl sites for hydroxylation is 1. The molecule has 0 bridgehead atoms. The number of imide groups is 1. The van der Waals surface area contributed by atoms with Gasteiger partial charge in [0.05, 0.1) is 24.2 Å². The number of urea groups is 1. The molecular weight excluding hydrogens is 451 g/mol. The van der Waals surface area contributed by atoms with Crippen molar-refractivity contribution in [3.05, 3.63) is 53.6 Å². The molecule has 1 aliphatic carbocycles. The molecule has 1 aromatic carbocycles. The van der Waals surface area contributed by atoms with E-state index in [0.717, 1.165) is 12.8 Å². The number of benzene rings is 1. The van der Waals surface area contributed by atoms with Crippen LogP contribution in [0.2, 0.25) is 0 Å². The number of ether oxygens (including phenoxy) is 1. The van der Waals surface area contributed by atoms with Gasteiger partial charge in [-0.1, -0.05) is 6.07 Å². The second-order valence-corrected chi connectivity index (χ2v) is 10.2. The molecule has 1 aliphatic heterocycles. The van der Waals surface area contributed by atoms with Gasteiger partial charge in [0, 0.05) is 18.2 Å². The summed E-state index contributed by atoms with van der Waals surface area (Å²) in [6, 6.07) is 6.50. The van der Waals surface area contributed by atoms with Crippen molar-refractivity contribution in [2.75, 3.05) is 23.8 Å². The number of nitrogens with zero attached hydrogens (tertiary/aromatic N) is 2. The molecule has 1 saturated heterocycles. The summed E-state index contributed by atoms with van der Waals surface area (Å²) in [7, 11) is -3.65. The fraction of sp³-hybridized carbons (Fsp3) is 0.409. The smallest absolute Gasteiger partial charge is 0.329 e. The van der Waals surface area contributed by atoms with Gasteiger partial charge in [0.15, 0.2) is 11.6 Å². The zero-order chi connectivity index (χ0) is 23.6. The highest BCUT2D eigenvalue weighted by Crippen LogP contribution is 2.31. The monoisotopic (exact) mass is 476 g/mol. The lowest BCUT2D eigenvalue weighted by Crippen LogP contribution is -2.30. The fourth-order valence-corrected chi connectivity index (χ4v) is 4.67. The number of sulfonamides is 1. The van der Waals surface area contributed by atoms with Crippen LogP contribution in [0.25, 0.3) is 0 Å². The number of carbonyl (C=O) groups is 2. The molecule has 2 aliphatic rings. The van der Waals surface area contributed by atoms with Gasteiger partial charge in [0.1, 0.15) is 6.54 Å². The Morgan fingerprint density at radius 1 is 1.27 bits per heavy atom. The van der Waals surface area contributed by atoms with E-state index in [-0.39, 0.29) is 24.5 Å². The Bertz CT molecular complexity index is 1150. The van der Waals surface area contributed by atoms with E-state index in [0.29, 0.717) is 29.5 Å². The minimum atomic E-state index is -3.65. The van der Waals surface area contributed by atoms with Crippen molar-refractivity contribution in [2.45, 2.75) is 32.2 Å². The number of amides is 3. The number of anilines is 1. The highest BCUT2D eigenvalue weighted by molar-refractivity contribution is 7.89. The summed E-state index contributed by atoms with van der Waals surface area (Å²) >= 11 is 0. The van der Waals surface area contributed by atoms with E-state index in [9.17, 15) is 22.4 Å². The number of pyridine rings is 1. The van der Waals surface area contributed by atoms with Crippen LogP contribution in [0.15, 0.2) is 36.5 Å². The molecule has 0 unspecified atom stereocenters. The first-order chi connectivity index (χ1) is 15.7. The van der Waals surface area contributed by atoms with Crippen LogP contribution < -0.4 is 19.7 Å². The lowest BCUT2D eigenvalue weighted by atomic mass is 10.1. The van der Waals surface area contributed by atoms with Crippen LogP contribution in [-0.4, -0.2) is 44.2 Å². The molecule has 2 heterocycles. The van der Waals surface area contributed by atoms with Crippen LogP contribution in [0.4, 0.5) is 14.9 Å². The molecule has 1 aromatic heterocycles. The lowest BCUT2D eigenvalue weighted by molar-refractivity contribution is -0.117. The molecule has 2 aromatic rings. The van der Waals surface area contributed by atoms with Crippen molar-refractivity contribution in [3.8, 4) is 5.75 Å². The second-order valence-electron chi connectivity index (χ2n) is 8.30. The summed E-state index contributed by atoms with van der Waals surface area (Å²) < 4.78 is 47.3. The third-order valence-electron chi connectivity index (χ3n) is 5.52. The zero-order valence-corrected chi connectivity index (χ0v) is 18.9. The number of aromatic nitrogens is 1. The topological polar surface area (TPSA) is 118 Å². The molecule has 3 amide bonds. The highest BCUT2D eigenvalue weighted by Gasteiger charge is 2.28. The number of halogens is 1. The first-order valence-electron chi connectivity index (χ1n) is 10.7. The summed E-state index contributed by atoms with van der Waals surface area (Å²) in [5.74, 6) is -0.457. The van der Waals surface area contributed by atoms with Gasteiger partial charge in [0.2, 0.25) is 15.9 Å². The van der Waals surface area contributed by atoms with Crippen LogP contribution in [0.1, 0.15) is 37.1 Å². The van der Waals surface area contributed by atoms with Crippen LogP contribution in [-0.2, 0) is 21.2 Å². The quantitative estimate of drug-likeness (QED) is 0.508. The average molecular weight is 477 g/mol. The van der Waals surface area contributed by atoms with Crippen LogP contribution in [0, 0.1) is 11.7 Å². The second kappa shape index (κ2) is 9.44. The molecule has 33 heavy (non-hydrogen) atoms. The maximum Gasteiger partial charge on any atom is 0.329 e. The maximum atomic E-state index is 14.0. The SMILES string of the molecule is C[C@@H](NS(=O)(=O)CCc1ccc(N2CC(=O)NC2=O)cn1)c1ccc(F)c(OCC2CC2)c1. The zero-order valence-electron chi connectivity index (χ0n) is 18.1. The lowest BCUT2D eigenvalue weighted by Gasteiger charge is -2.16. The third kappa shape index (κ3) is 6.05. The predicted molar refractivity (Wildman–Crippen MR) is 119 cm³/mol. The Morgan fingerprint density at radius 2 is 2.06 bits per heavy atom. The Hall–Kier alpha value is -3.05. The van der Waals surface area contributed by atoms with Crippen LogP contribution in [0.5, 0.6) is 5.75 Å². The van der Waals surface area contributed by atoms with E-state index in [1.54, 1.807) is 19.1 Å². The Kier molecular flexibility index (Phi) is 6.61. The fourth-order valence-electron chi connectivity index (χ4n) is 3.40. The number of carbonyl (C=O) groups excluding carboxylic acids is 2. The van der Waals surface area contributed by atoms with Gasteiger partial charge in [-0.2, -0.15) is 0 Å². The van der Waals surface area contributed by atoms with Crippen molar-refractivity contribution in [1.82, 2.24) is 15.0 Å². The minimum Gasteiger partial charge on any atom is -0.490 e. The Balaban J connectivity index is 1.33. The largest absolute Gasteiger partial charge is 0.490 e. The van der Waals surface area contributed by atoms with Crippen molar-refractivity contribution < 1.29 is 27.1 Å². The van der Waals surface area contributed by atoms with Gasteiger partial charge < -0.3 is 4.74 Å². The van der Waals surface area contributed by atoms with Crippen molar-refractivity contribution >= 4 is 27.6 Å². The summed E-state index contributed by atoms with van der Waals surface area (Å²) in [6.07, 6.45) is 3.76. The summed E-state index contributed by atoms with van der Waals surface area (Å²) in [5, 5.41) is 2.18. The van der Waals surface area contributed by atoms with Crippen LogP contribution in [0.3, 0.4) is 0 Å². The number of hydrogen-bond acceptors (Lipinski definition) is 6. The van der Waals surface area contributed by atoms with Gasteiger partial charge >= 0.3 is 6.03 Å². The van der Waals surface area contributed by atoms with Gasteiger partial charge in [-0.15, -0.1) is 0 Å². The van der Waals surface area contributed by atoms with Gasteiger partial charge in [-0.3, -0.25) is 20.0 Å². The van der Waals surface area contributed by atoms with Crippen molar-refractivity contribution in [1.29, 1.82) is 0 Å². The summed E-state index contributed by atoms with van der Waals surface area (Å²) in [5.41, 5.74) is 1.58. The van der Waals surface area contributed by atoms with E-state index in [4.69, 9.17) is 4.74 Å². The summed E-state index contributed by atoms with van der Waals surface area (Å²) in [4.78, 5) is 28.5. The molecule has 1 atom stereocenters. The van der Waals surface area contributed by atoms with Gasteiger partial charge in [0.25, 0.3) is 0 Å². The molecule has 176 valence electrons. The molecule has 0 spiro atoms. The van der Waals surface area contributed by atoms with Crippen molar-refractivity contribution in [2.24, 2.45) is 5.92 Å². The third-order valence-corrected chi connectivity index (χ3v) is 6.98. The standard InChI is InChI=1S/C22H25FN4O5S/c1-14(16-4-7-19(23)20(10-16)32-13-15-2-3-15)26-33(30,31)9-8-17-5-6-18(11-24-17)27-12-21(28)25-22(27)29/h4-7,10-11,14-15,26H,2-3,8-9,12-13H2,1H3,(H,25,28,29)/t14-/m1/s1. The molecule has 9 nitrogen and oxygen atoms in total.